The zero-order chi connectivity index (χ0) is 22.9. The average molecular weight is 441 g/mol. The quantitative estimate of drug-likeness (QED) is 0.367. The molecule has 0 saturated heterocycles. The first-order chi connectivity index (χ1) is 15.3. The molecule has 0 aliphatic rings. The van der Waals surface area contributed by atoms with E-state index in [1.807, 2.05) is 44.2 Å². The second-order valence-corrected chi connectivity index (χ2v) is 7.57. The van der Waals surface area contributed by atoms with E-state index in [1.165, 1.54) is 7.11 Å². The predicted octanol–water partition coefficient (Wildman–Crippen LogP) is 6.02. The van der Waals surface area contributed by atoms with Crippen LogP contribution in [0.2, 0.25) is 0 Å². The number of halogens is 3. The summed E-state index contributed by atoms with van der Waals surface area (Å²) in [6.07, 6.45) is -4.63. The first-order valence-electron chi connectivity index (χ1n) is 10.1. The zero-order valence-electron chi connectivity index (χ0n) is 17.8. The van der Waals surface area contributed by atoms with Gasteiger partial charge in [-0.15, -0.1) is 0 Å². The summed E-state index contributed by atoms with van der Waals surface area (Å²) in [5.41, 5.74) is 1.57. The highest BCUT2D eigenvalue weighted by atomic mass is 19.4. The van der Waals surface area contributed by atoms with Crippen molar-refractivity contribution < 1.29 is 22.6 Å². The molecule has 0 atom stereocenters. The summed E-state index contributed by atoms with van der Waals surface area (Å²) in [6, 6.07) is 17.0. The molecule has 0 saturated carbocycles. The summed E-state index contributed by atoms with van der Waals surface area (Å²) in [5, 5.41) is 4.22. The van der Waals surface area contributed by atoms with E-state index >= 15 is 0 Å². The smallest absolute Gasteiger partial charge is 0.433 e. The molecule has 4 aromatic rings. The van der Waals surface area contributed by atoms with Crippen molar-refractivity contribution >= 4 is 5.65 Å². The summed E-state index contributed by atoms with van der Waals surface area (Å²) >= 11 is 0. The van der Waals surface area contributed by atoms with Crippen LogP contribution in [0.25, 0.3) is 28.0 Å². The van der Waals surface area contributed by atoms with Crippen LogP contribution < -0.4 is 4.74 Å². The topological polar surface area (TPSA) is 48.7 Å². The van der Waals surface area contributed by atoms with Crippen LogP contribution in [0, 0.1) is 0 Å². The number of benzene rings is 2. The van der Waals surface area contributed by atoms with Gasteiger partial charge in [-0.2, -0.15) is 18.3 Å². The largest absolute Gasteiger partial charge is 0.491 e. The molecular formula is C24H22F3N3O2. The normalized spacial score (nSPS) is 12.0. The fraction of sp³-hybridized carbons (Fsp3) is 0.250. The van der Waals surface area contributed by atoms with Crippen LogP contribution in [0.4, 0.5) is 13.2 Å². The molecule has 4 rings (SSSR count). The maximum Gasteiger partial charge on any atom is 0.433 e. The van der Waals surface area contributed by atoms with Crippen molar-refractivity contribution in [2.24, 2.45) is 0 Å². The lowest BCUT2D eigenvalue weighted by atomic mass is 10.1. The molecule has 2 aromatic heterocycles. The third-order valence-corrected chi connectivity index (χ3v) is 4.82. The summed E-state index contributed by atoms with van der Waals surface area (Å²) in [6.45, 7) is 3.87. The van der Waals surface area contributed by atoms with Gasteiger partial charge in [0.05, 0.1) is 29.7 Å². The van der Waals surface area contributed by atoms with E-state index < -0.39 is 11.9 Å². The average Bonchev–Trinajstić information content (AvgIpc) is 3.11. The number of alkyl halides is 3. The highest BCUT2D eigenvalue weighted by Gasteiger charge is 2.36. The van der Waals surface area contributed by atoms with Crippen LogP contribution >= 0.6 is 0 Å². The summed E-state index contributed by atoms with van der Waals surface area (Å²) < 4.78 is 53.7. The maximum atomic E-state index is 14.0. The second-order valence-electron chi connectivity index (χ2n) is 7.57. The Balaban J connectivity index is 1.96. The molecule has 0 aliphatic heterocycles. The molecule has 2 heterocycles. The molecule has 8 heteroatoms. The van der Waals surface area contributed by atoms with Crippen LogP contribution in [0.5, 0.6) is 5.75 Å². The van der Waals surface area contributed by atoms with Crippen molar-refractivity contribution in [3.8, 4) is 28.1 Å². The lowest BCUT2D eigenvalue weighted by Crippen LogP contribution is -2.14. The Morgan fingerprint density at radius 3 is 2.25 bits per heavy atom. The minimum atomic E-state index is -4.62. The molecule has 32 heavy (non-hydrogen) atoms. The van der Waals surface area contributed by atoms with E-state index in [2.05, 4.69) is 10.1 Å². The summed E-state index contributed by atoms with van der Waals surface area (Å²) in [7, 11) is 1.48. The van der Waals surface area contributed by atoms with E-state index in [1.54, 1.807) is 24.3 Å². The van der Waals surface area contributed by atoms with Gasteiger partial charge < -0.3 is 9.47 Å². The van der Waals surface area contributed by atoms with E-state index in [-0.39, 0.29) is 24.1 Å². The molecule has 2 aromatic carbocycles. The lowest BCUT2D eigenvalue weighted by Gasteiger charge is -2.13. The molecule has 0 amide bonds. The van der Waals surface area contributed by atoms with Crippen molar-refractivity contribution in [1.29, 1.82) is 0 Å². The fourth-order valence-corrected chi connectivity index (χ4v) is 3.53. The van der Waals surface area contributed by atoms with Crippen molar-refractivity contribution in [3.05, 3.63) is 72.1 Å². The van der Waals surface area contributed by atoms with Crippen LogP contribution in [-0.2, 0) is 17.5 Å². The SMILES string of the molecule is COCc1nn2c(C(F)(F)F)cc(-c3ccc(OC(C)C)cc3)nc2c1-c1ccccc1. The lowest BCUT2D eigenvalue weighted by molar-refractivity contribution is -0.142. The number of methoxy groups -OCH3 is 1. The van der Waals surface area contributed by atoms with Gasteiger partial charge in [0, 0.05) is 12.7 Å². The van der Waals surface area contributed by atoms with Crippen molar-refractivity contribution in [2.75, 3.05) is 7.11 Å². The number of fused-ring (bicyclic) bond motifs is 1. The molecule has 5 nitrogen and oxygen atoms in total. The number of hydrogen-bond donors (Lipinski definition) is 0. The fourth-order valence-electron chi connectivity index (χ4n) is 3.53. The van der Waals surface area contributed by atoms with Gasteiger partial charge in [0.1, 0.15) is 5.75 Å². The van der Waals surface area contributed by atoms with Gasteiger partial charge in [0.15, 0.2) is 11.3 Å². The molecule has 0 fully saturated rings. The third kappa shape index (κ3) is 4.31. The van der Waals surface area contributed by atoms with Crippen LogP contribution in [-0.4, -0.2) is 27.8 Å². The summed E-state index contributed by atoms with van der Waals surface area (Å²) in [5.74, 6) is 0.637. The minimum absolute atomic E-state index is 0.00779. The third-order valence-electron chi connectivity index (χ3n) is 4.82. The minimum Gasteiger partial charge on any atom is -0.491 e. The van der Waals surface area contributed by atoms with E-state index in [0.29, 0.717) is 28.1 Å². The number of hydrogen-bond acceptors (Lipinski definition) is 4. The first kappa shape index (κ1) is 21.8. The Morgan fingerprint density at radius 1 is 0.969 bits per heavy atom. The molecule has 0 radical (unpaired) electrons. The highest BCUT2D eigenvalue weighted by Crippen LogP contribution is 2.36. The van der Waals surface area contributed by atoms with Gasteiger partial charge in [-0.3, -0.25) is 0 Å². The number of aromatic nitrogens is 3. The van der Waals surface area contributed by atoms with Crippen LogP contribution in [0.1, 0.15) is 25.2 Å². The summed E-state index contributed by atoms with van der Waals surface area (Å²) in [4.78, 5) is 4.59. The highest BCUT2D eigenvalue weighted by molar-refractivity contribution is 5.81. The number of rotatable bonds is 6. The Hall–Kier alpha value is -3.39. The van der Waals surface area contributed by atoms with Crippen molar-refractivity contribution in [1.82, 2.24) is 14.6 Å². The Labute approximate surface area is 183 Å². The number of ether oxygens (including phenoxy) is 2. The van der Waals surface area contributed by atoms with E-state index in [0.717, 1.165) is 10.6 Å². The molecule has 0 bridgehead atoms. The van der Waals surface area contributed by atoms with Gasteiger partial charge in [0.25, 0.3) is 0 Å². The molecule has 0 aliphatic carbocycles. The van der Waals surface area contributed by atoms with E-state index in [9.17, 15) is 13.2 Å². The Bertz CT molecular complexity index is 1220. The standard InChI is InChI=1S/C24H22F3N3O2/c1-15(2)32-18-11-9-16(10-12-18)19-13-21(24(25,26)27)30-23(28-19)22(20(29-30)14-31-3)17-7-5-4-6-8-17/h4-13,15H,14H2,1-3H3. The number of nitrogens with zero attached hydrogens (tertiary/aromatic N) is 3. The Kier molecular flexibility index (Phi) is 5.88. The van der Waals surface area contributed by atoms with Crippen molar-refractivity contribution in [3.63, 3.8) is 0 Å². The second kappa shape index (κ2) is 8.63. The first-order valence-corrected chi connectivity index (χ1v) is 10.1. The van der Waals surface area contributed by atoms with Gasteiger partial charge in [-0.05, 0) is 49.7 Å². The van der Waals surface area contributed by atoms with Gasteiger partial charge in [-0.25, -0.2) is 9.50 Å². The van der Waals surface area contributed by atoms with Gasteiger partial charge in [0.2, 0.25) is 0 Å². The van der Waals surface area contributed by atoms with Gasteiger partial charge >= 0.3 is 6.18 Å². The van der Waals surface area contributed by atoms with Crippen LogP contribution in [0.15, 0.2) is 60.7 Å². The molecule has 0 spiro atoms. The zero-order valence-corrected chi connectivity index (χ0v) is 17.8. The Morgan fingerprint density at radius 2 is 1.66 bits per heavy atom. The predicted molar refractivity (Wildman–Crippen MR) is 115 cm³/mol. The molecule has 0 unspecified atom stereocenters. The molecular weight excluding hydrogens is 419 g/mol. The molecule has 166 valence electrons. The van der Waals surface area contributed by atoms with E-state index in [4.69, 9.17) is 9.47 Å². The monoisotopic (exact) mass is 441 g/mol. The molecule has 0 N–H and O–H groups in total. The van der Waals surface area contributed by atoms with Crippen molar-refractivity contribution in [2.45, 2.75) is 32.7 Å². The van der Waals surface area contributed by atoms with Crippen LogP contribution in [0.3, 0.4) is 0 Å². The maximum absolute atomic E-state index is 14.0. The van der Waals surface area contributed by atoms with Gasteiger partial charge in [-0.1, -0.05) is 30.3 Å².